The van der Waals surface area contributed by atoms with Crippen molar-refractivity contribution in [3.63, 3.8) is 0 Å². The number of sulfonamides is 1. The summed E-state index contributed by atoms with van der Waals surface area (Å²) in [6.45, 7) is 1.53. The van der Waals surface area contributed by atoms with E-state index in [0.717, 1.165) is 0 Å². The second-order valence-electron chi connectivity index (χ2n) is 3.00. The number of alkyl halides is 1. The Labute approximate surface area is 90.4 Å². The van der Waals surface area contributed by atoms with E-state index in [1.54, 1.807) is 7.11 Å². The van der Waals surface area contributed by atoms with Gasteiger partial charge >= 0.3 is 0 Å². The Morgan fingerprint density at radius 2 is 2.00 bits per heavy atom. The van der Waals surface area contributed by atoms with Gasteiger partial charge in [0.2, 0.25) is 10.0 Å². The molecular weight excluding hydrogens is 223 g/mol. The average Bonchev–Trinajstić information content (AvgIpc) is 2.20. The number of nitrogens with one attached hydrogen (secondary N) is 2. The van der Waals surface area contributed by atoms with E-state index in [1.807, 2.05) is 0 Å². The minimum atomic E-state index is -3.30. The Kier molecular flexibility index (Phi) is 8.88. The lowest BCUT2D eigenvalue weighted by Crippen LogP contribution is -2.34. The van der Waals surface area contributed by atoms with Crippen LogP contribution in [0.4, 0.5) is 4.39 Å². The standard InChI is InChI=1S/C8H19FN2O3S/c1-14-7-6-10-4-5-11-15(12,13)8-2-3-9/h10-11H,2-8H2,1H3. The van der Waals surface area contributed by atoms with E-state index in [0.29, 0.717) is 26.2 Å². The normalized spacial score (nSPS) is 11.9. The molecule has 5 nitrogen and oxygen atoms in total. The molecule has 0 spiro atoms. The lowest BCUT2D eigenvalue weighted by atomic mass is 10.6. The number of hydrogen-bond acceptors (Lipinski definition) is 4. The number of hydrogen-bond donors (Lipinski definition) is 2. The monoisotopic (exact) mass is 242 g/mol. The zero-order chi connectivity index (χ0) is 11.6. The van der Waals surface area contributed by atoms with Crippen molar-refractivity contribution in [1.82, 2.24) is 10.0 Å². The Balaban J connectivity index is 3.41. The van der Waals surface area contributed by atoms with Crippen LogP contribution in [0.5, 0.6) is 0 Å². The first-order valence-electron chi connectivity index (χ1n) is 4.85. The van der Waals surface area contributed by atoms with Crippen LogP contribution in [0.2, 0.25) is 0 Å². The van der Waals surface area contributed by atoms with Gasteiger partial charge < -0.3 is 10.1 Å². The molecular formula is C8H19FN2O3S. The molecule has 0 radical (unpaired) electrons. The van der Waals surface area contributed by atoms with Crippen LogP contribution in [0.25, 0.3) is 0 Å². The first-order valence-corrected chi connectivity index (χ1v) is 6.50. The van der Waals surface area contributed by atoms with Crippen LogP contribution >= 0.6 is 0 Å². The fourth-order valence-corrected chi connectivity index (χ4v) is 1.96. The maximum atomic E-state index is 11.7. The van der Waals surface area contributed by atoms with Crippen molar-refractivity contribution in [1.29, 1.82) is 0 Å². The Bertz CT molecular complexity index is 234. The molecule has 0 amide bonds. The number of rotatable bonds is 10. The number of halogens is 1. The van der Waals surface area contributed by atoms with Gasteiger partial charge in [0.1, 0.15) is 0 Å². The van der Waals surface area contributed by atoms with Gasteiger partial charge in [-0.25, -0.2) is 13.1 Å². The molecule has 15 heavy (non-hydrogen) atoms. The van der Waals surface area contributed by atoms with Gasteiger partial charge in [-0.3, -0.25) is 4.39 Å². The maximum absolute atomic E-state index is 11.7. The zero-order valence-corrected chi connectivity index (χ0v) is 9.78. The predicted molar refractivity (Wildman–Crippen MR) is 57.1 cm³/mol. The van der Waals surface area contributed by atoms with E-state index in [2.05, 4.69) is 10.0 Å². The number of methoxy groups -OCH3 is 1. The first-order chi connectivity index (χ1) is 7.12. The molecule has 0 aromatic rings. The highest BCUT2D eigenvalue weighted by atomic mass is 32.2. The van der Waals surface area contributed by atoms with Gasteiger partial charge in [-0.2, -0.15) is 0 Å². The van der Waals surface area contributed by atoms with Gasteiger partial charge in [-0.1, -0.05) is 0 Å². The molecule has 0 aromatic carbocycles. The molecule has 0 aliphatic heterocycles. The molecule has 0 saturated carbocycles. The minimum Gasteiger partial charge on any atom is -0.383 e. The summed E-state index contributed by atoms with van der Waals surface area (Å²) >= 11 is 0. The third-order valence-electron chi connectivity index (χ3n) is 1.65. The number of ether oxygens (including phenoxy) is 1. The van der Waals surface area contributed by atoms with Crippen LogP contribution in [0.1, 0.15) is 6.42 Å². The van der Waals surface area contributed by atoms with Crippen LogP contribution in [0.15, 0.2) is 0 Å². The summed E-state index contributed by atoms with van der Waals surface area (Å²) < 4.78 is 41.2. The Hall–Kier alpha value is -0.240. The van der Waals surface area contributed by atoms with E-state index in [4.69, 9.17) is 4.74 Å². The fourth-order valence-electron chi connectivity index (χ4n) is 0.911. The van der Waals surface area contributed by atoms with Crippen LogP contribution in [-0.2, 0) is 14.8 Å². The highest BCUT2D eigenvalue weighted by Crippen LogP contribution is 1.89. The minimum absolute atomic E-state index is 0.0481. The summed E-state index contributed by atoms with van der Waals surface area (Å²) in [6.07, 6.45) is 0.0481. The molecule has 0 aliphatic rings. The topological polar surface area (TPSA) is 67.4 Å². The van der Waals surface area contributed by atoms with Gasteiger partial charge in [0, 0.05) is 26.7 Å². The SMILES string of the molecule is COCCNCCNS(=O)(=O)CCCF. The molecule has 0 rings (SSSR count). The van der Waals surface area contributed by atoms with E-state index < -0.39 is 16.7 Å². The van der Waals surface area contributed by atoms with Gasteiger partial charge in [-0.15, -0.1) is 0 Å². The van der Waals surface area contributed by atoms with Crippen LogP contribution in [0.3, 0.4) is 0 Å². The Morgan fingerprint density at radius 3 is 2.60 bits per heavy atom. The van der Waals surface area contributed by atoms with Crippen molar-refractivity contribution in [2.45, 2.75) is 6.42 Å². The summed E-state index contributed by atoms with van der Waals surface area (Å²) in [4.78, 5) is 0. The molecule has 0 heterocycles. The molecule has 92 valence electrons. The van der Waals surface area contributed by atoms with E-state index >= 15 is 0 Å². The quantitative estimate of drug-likeness (QED) is 0.507. The van der Waals surface area contributed by atoms with Crippen molar-refractivity contribution < 1.29 is 17.5 Å². The van der Waals surface area contributed by atoms with Crippen molar-refractivity contribution in [2.75, 3.05) is 45.8 Å². The predicted octanol–water partition coefficient (Wildman–Crippen LogP) is -0.499. The molecule has 0 unspecified atom stereocenters. The second-order valence-corrected chi connectivity index (χ2v) is 4.92. The third kappa shape index (κ3) is 10.1. The van der Waals surface area contributed by atoms with Crippen molar-refractivity contribution in [3.05, 3.63) is 0 Å². The van der Waals surface area contributed by atoms with Crippen molar-refractivity contribution in [3.8, 4) is 0 Å². The van der Waals surface area contributed by atoms with Gasteiger partial charge in [0.25, 0.3) is 0 Å². The molecule has 0 fully saturated rings. The molecule has 0 aromatic heterocycles. The largest absolute Gasteiger partial charge is 0.383 e. The van der Waals surface area contributed by atoms with Gasteiger partial charge in [-0.05, 0) is 6.42 Å². The molecule has 2 N–H and O–H groups in total. The second kappa shape index (κ2) is 9.02. The van der Waals surface area contributed by atoms with Crippen molar-refractivity contribution in [2.24, 2.45) is 0 Å². The van der Waals surface area contributed by atoms with Gasteiger partial charge in [0.05, 0.1) is 19.0 Å². The summed E-state index contributed by atoms with van der Waals surface area (Å²) in [6, 6.07) is 0. The highest BCUT2D eigenvalue weighted by Gasteiger charge is 2.07. The zero-order valence-electron chi connectivity index (χ0n) is 8.96. The summed E-state index contributed by atoms with van der Waals surface area (Å²) in [5.74, 6) is -0.151. The van der Waals surface area contributed by atoms with E-state index in [1.165, 1.54) is 0 Å². The molecule has 0 bridgehead atoms. The first kappa shape index (κ1) is 14.8. The molecule has 0 atom stereocenters. The van der Waals surface area contributed by atoms with Crippen LogP contribution in [0, 0.1) is 0 Å². The van der Waals surface area contributed by atoms with Crippen LogP contribution in [-0.4, -0.2) is 54.2 Å². The molecule has 0 saturated heterocycles. The Morgan fingerprint density at radius 1 is 1.27 bits per heavy atom. The lowest BCUT2D eigenvalue weighted by molar-refractivity contribution is 0.199. The van der Waals surface area contributed by atoms with E-state index in [-0.39, 0.29) is 12.2 Å². The summed E-state index contributed by atoms with van der Waals surface area (Å²) in [7, 11) is -1.70. The fraction of sp³-hybridized carbons (Fsp3) is 1.00. The lowest BCUT2D eigenvalue weighted by Gasteiger charge is -2.06. The van der Waals surface area contributed by atoms with E-state index in [9.17, 15) is 12.8 Å². The summed E-state index contributed by atoms with van der Waals surface area (Å²) in [5.41, 5.74) is 0. The van der Waals surface area contributed by atoms with Gasteiger partial charge in [0.15, 0.2) is 0 Å². The maximum Gasteiger partial charge on any atom is 0.211 e. The highest BCUT2D eigenvalue weighted by molar-refractivity contribution is 7.89. The average molecular weight is 242 g/mol. The summed E-state index contributed by atoms with van der Waals surface area (Å²) in [5, 5.41) is 2.99. The van der Waals surface area contributed by atoms with Crippen LogP contribution < -0.4 is 10.0 Å². The smallest absolute Gasteiger partial charge is 0.211 e. The molecule has 7 heteroatoms. The van der Waals surface area contributed by atoms with Crippen molar-refractivity contribution >= 4 is 10.0 Å². The third-order valence-corrected chi connectivity index (χ3v) is 3.12. The molecule has 0 aliphatic carbocycles.